The molecule has 2 fully saturated rings. The molecule has 27 heavy (non-hydrogen) atoms. The molecule has 0 bridgehead atoms. The number of nitrogens with two attached hydrogens (primary N) is 1. The van der Waals surface area contributed by atoms with Gasteiger partial charge in [-0.05, 0) is 51.4 Å². The maximum atomic E-state index is 11.8. The quantitative estimate of drug-likeness (QED) is 0.668. The number of methoxy groups -OCH3 is 2. The number of rotatable bonds is 7. The van der Waals surface area contributed by atoms with Gasteiger partial charge in [-0.2, -0.15) is 4.98 Å². The first-order valence-corrected chi connectivity index (χ1v) is 9.84. The third kappa shape index (κ3) is 5.29. The summed E-state index contributed by atoms with van der Waals surface area (Å²) in [5.74, 6) is 0.513. The highest BCUT2D eigenvalue weighted by molar-refractivity contribution is 5.97. The number of primary amides is 1. The van der Waals surface area contributed by atoms with Gasteiger partial charge in [0.15, 0.2) is 0 Å². The van der Waals surface area contributed by atoms with Crippen molar-refractivity contribution in [3.63, 3.8) is 0 Å². The number of nitrogens with one attached hydrogen (secondary N) is 2. The number of hydrogen-bond donors (Lipinski definition) is 3. The fourth-order valence-electron chi connectivity index (χ4n) is 4.05. The van der Waals surface area contributed by atoms with Gasteiger partial charge < -0.3 is 25.8 Å². The highest BCUT2D eigenvalue weighted by Crippen LogP contribution is 2.26. The second-order valence-corrected chi connectivity index (χ2v) is 7.54. The van der Waals surface area contributed by atoms with E-state index in [1.807, 2.05) is 0 Å². The summed E-state index contributed by atoms with van der Waals surface area (Å²) in [5.41, 5.74) is 5.84. The van der Waals surface area contributed by atoms with Gasteiger partial charge in [0.25, 0.3) is 5.91 Å². The third-order valence-corrected chi connectivity index (χ3v) is 5.70. The van der Waals surface area contributed by atoms with Gasteiger partial charge in [0.05, 0.1) is 17.8 Å². The standard InChI is InChI=1S/C19H31N5O3/c1-26-14-8-6-12(7-9-14)23-19-21-11-16(17(20)25)18(24-19)22-13-4-3-5-15(10-13)27-2/h11-15H,3-10H2,1-2H3,(H2,20,25)(H2,21,22,23,24)/t12?,13?,14?,15-/m0/s1. The molecule has 2 aliphatic carbocycles. The lowest BCUT2D eigenvalue weighted by Crippen LogP contribution is -2.33. The van der Waals surface area contributed by atoms with Crippen molar-refractivity contribution < 1.29 is 14.3 Å². The summed E-state index contributed by atoms with van der Waals surface area (Å²) >= 11 is 0. The summed E-state index contributed by atoms with van der Waals surface area (Å²) in [6.45, 7) is 0. The van der Waals surface area contributed by atoms with Gasteiger partial charge in [0.2, 0.25) is 5.95 Å². The molecule has 2 saturated carbocycles. The van der Waals surface area contributed by atoms with Crippen LogP contribution in [0.1, 0.15) is 61.7 Å². The number of carbonyl (C=O) groups is 1. The number of hydrogen-bond acceptors (Lipinski definition) is 7. The zero-order valence-corrected chi connectivity index (χ0v) is 16.2. The van der Waals surface area contributed by atoms with Crippen LogP contribution < -0.4 is 16.4 Å². The Morgan fingerprint density at radius 2 is 1.78 bits per heavy atom. The lowest BCUT2D eigenvalue weighted by Gasteiger charge is -2.30. The average molecular weight is 377 g/mol. The maximum Gasteiger partial charge on any atom is 0.254 e. The van der Waals surface area contributed by atoms with Gasteiger partial charge in [-0.15, -0.1) is 0 Å². The highest BCUT2D eigenvalue weighted by atomic mass is 16.5. The minimum atomic E-state index is -0.524. The molecule has 2 atom stereocenters. The van der Waals surface area contributed by atoms with Gasteiger partial charge in [-0.1, -0.05) is 0 Å². The molecule has 0 aliphatic heterocycles. The zero-order valence-electron chi connectivity index (χ0n) is 16.2. The van der Waals surface area contributed by atoms with Crippen LogP contribution >= 0.6 is 0 Å². The van der Waals surface area contributed by atoms with E-state index in [9.17, 15) is 4.79 Å². The van der Waals surface area contributed by atoms with Crippen molar-refractivity contribution in [2.75, 3.05) is 24.9 Å². The number of aromatic nitrogens is 2. The smallest absolute Gasteiger partial charge is 0.254 e. The molecule has 0 aromatic carbocycles. The van der Waals surface area contributed by atoms with Crippen molar-refractivity contribution in [3.05, 3.63) is 11.8 Å². The van der Waals surface area contributed by atoms with Gasteiger partial charge in [-0.3, -0.25) is 4.79 Å². The molecule has 0 saturated heterocycles. The van der Waals surface area contributed by atoms with Crippen molar-refractivity contribution in [3.8, 4) is 0 Å². The van der Waals surface area contributed by atoms with E-state index in [2.05, 4.69) is 20.6 Å². The molecule has 1 heterocycles. The predicted molar refractivity (Wildman–Crippen MR) is 104 cm³/mol. The second kappa shape index (κ2) is 9.32. The van der Waals surface area contributed by atoms with Gasteiger partial charge in [-0.25, -0.2) is 4.98 Å². The summed E-state index contributed by atoms with van der Waals surface area (Å²) in [6.07, 6.45) is 10.2. The largest absolute Gasteiger partial charge is 0.381 e. The van der Waals surface area contributed by atoms with E-state index in [4.69, 9.17) is 15.2 Å². The number of anilines is 2. The number of nitrogens with zero attached hydrogens (tertiary/aromatic N) is 2. The lowest BCUT2D eigenvalue weighted by molar-refractivity contribution is 0.0668. The zero-order chi connectivity index (χ0) is 19.2. The topological polar surface area (TPSA) is 111 Å². The van der Waals surface area contributed by atoms with Crippen LogP contribution in [0.4, 0.5) is 11.8 Å². The number of carbonyl (C=O) groups excluding carboxylic acids is 1. The summed E-state index contributed by atoms with van der Waals surface area (Å²) in [7, 11) is 3.51. The van der Waals surface area contributed by atoms with E-state index in [-0.39, 0.29) is 12.1 Å². The highest BCUT2D eigenvalue weighted by Gasteiger charge is 2.25. The van der Waals surface area contributed by atoms with E-state index in [0.29, 0.717) is 29.5 Å². The Hall–Kier alpha value is -1.93. The minimum Gasteiger partial charge on any atom is -0.381 e. The molecule has 1 unspecified atom stereocenters. The fraction of sp³-hybridized carbons (Fsp3) is 0.737. The summed E-state index contributed by atoms with van der Waals surface area (Å²) in [4.78, 5) is 20.7. The van der Waals surface area contributed by atoms with E-state index in [0.717, 1.165) is 51.4 Å². The van der Waals surface area contributed by atoms with E-state index >= 15 is 0 Å². The first-order valence-electron chi connectivity index (χ1n) is 9.84. The van der Waals surface area contributed by atoms with Gasteiger partial charge in [0, 0.05) is 32.5 Å². The summed E-state index contributed by atoms with van der Waals surface area (Å²) < 4.78 is 10.9. The molecule has 8 nitrogen and oxygen atoms in total. The normalized spacial score (nSPS) is 28.5. The van der Waals surface area contributed by atoms with E-state index in [1.165, 1.54) is 6.20 Å². The first-order chi connectivity index (χ1) is 13.1. The Labute approximate surface area is 160 Å². The second-order valence-electron chi connectivity index (χ2n) is 7.54. The van der Waals surface area contributed by atoms with Crippen LogP contribution in [-0.2, 0) is 9.47 Å². The molecule has 150 valence electrons. The molecule has 3 rings (SSSR count). The third-order valence-electron chi connectivity index (χ3n) is 5.70. The van der Waals surface area contributed by atoms with E-state index in [1.54, 1.807) is 14.2 Å². The summed E-state index contributed by atoms with van der Waals surface area (Å²) in [6, 6.07) is 0.526. The monoisotopic (exact) mass is 377 g/mol. The Kier molecular flexibility index (Phi) is 6.84. The Balaban J connectivity index is 1.68. The molecule has 1 aromatic rings. The predicted octanol–water partition coefficient (Wildman–Crippen LogP) is 2.31. The summed E-state index contributed by atoms with van der Waals surface area (Å²) in [5, 5.41) is 6.79. The number of amides is 1. The average Bonchev–Trinajstić information content (AvgIpc) is 2.68. The van der Waals surface area contributed by atoms with Crippen molar-refractivity contribution in [1.29, 1.82) is 0 Å². The SMILES string of the molecule is COC1CCC(Nc2ncc(C(N)=O)c(NC3CCC[C@H](OC)C3)n2)CC1. The molecule has 8 heteroatoms. The number of ether oxygens (including phenoxy) is 2. The molecule has 1 aromatic heterocycles. The fourth-order valence-corrected chi connectivity index (χ4v) is 4.05. The van der Waals surface area contributed by atoms with Crippen LogP contribution in [-0.4, -0.2) is 54.4 Å². The molecule has 0 radical (unpaired) electrons. The molecule has 2 aliphatic rings. The van der Waals surface area contributed by atoms with Crippen LogP contribution in [0.5, 0.6) is 0 Å². The molecule has 1 amide bonds. The van der Waals surface area contributed by atoms with Crippen molar-refractivity contribution >= 4 is 17.7 Å². The van der Waals surface area contributed by atoms with Gasteiger partial charge in [0.1, 0.15) is 5.82 Å². The molecular weight excluding hydrogens is 346 g/mol. The maximum absolute atomic E-state index is 11.8. The Morgan fingerprint density at radius 1 is 1.04 bits per heavy atom. The lowest BCUT2D eigenvalue weighted by atomic mass is 9.92. The minimum absolute atomic E-state index is 0.210. The Bertz CT molecular complexity index is 634. The van der Waals surface area contributed by atoms with Crippen molar-refractivity contribution in [1.82, 2.24) is 9.97 Å². The first kappa shape index (κ1) is 19.8. The van der Waals surface area contributed by atoms with Crippen LogP contribution in [0.2, 0.25) is 0 Å². The van der Waals surface area contributed by atoms with Crippen LogP contribution in [0, 0.1) is 0 Å². The molecule has 4 N–H and O–H groups in total. The van der Waals surface area contributed by atoms with Crippen LogP contribution in [0.25, 0.3) is 0 Å². The molecular formula is C19H31N5O3. The Morgan fingerprint density at radius 3 is 2.44 bits per heavy atom. The van der Waals surface area contributed by atoms with Gasteiger partial charge >= 0.3 is 0 Å². The van der Waals surface area contributed by atoms with E-state index < -0.39 is 5.91 Å². The van der Waals surface area contributed by atoms with Crippen molar-refractivity contribution in [2.24, 2.45) is 5.73 Å². The van der Waals surface area contributed by atoms with Crippen molar-refractivity contribution in [2.45, 2.75) is 75.7 Å². The van der Waals surface area contributed by atoms with Crippen LogP contribution in [0.3, 0.4) is 0 Å². The molecule has 0 spiro atoms. The van der Waals surface area contributed by atoms with Crippen LogP contribution in [0.15, 0.2) is 6.20 Å².